The van der Waals surface area contributed by atoms with Crippen LogP contribution in [0.3, 0.4) is 0 Å². The molecule has 0 aromatic heterocycles. The molecular weight excluding hydrogens is 230 g/mol. The van der Waals surface area contributed by atoms with Crippen LogP contribution in [-0.2, 0) is 14.8 Å². The Hall–Kier alpha value is -0.210. The zero-order chi connectivity index (χ0) is 12.2. The second-order valence-corrected chi connectivity index (χ2v) is 6.03. The Bertz CT molecular complexity index is 299. The third-order valence-corrected chi connectivity index (χ3v) is 4.19. The first-order chi connectivity index (χ1) is 7.49. The maximum atomic E-state index is 11.3. The van der Waals surface area contributed by atoms with Crippen LogP contribution in [0.15, 0.2) is 0 Å². The van der Waals surface area contributed by atoms with E-state index in [2.05, 4.69) is 4.90 Å². The standard InChI is InChI=1S/C9H21N3O3S/c1-15-8-9(7-10)11-3-5-12(6-4-11)16(2,13)14/h9H,3-8,10H2,1-2H3. The molecule has 0 saturated carbocycles. The smallest absolute Gasteiger partial charge is 0.211 e. The van der Waals surface area contributed by atoms with Crippen molar-refractivity contribution in [2.45, 2.75) is 6.04 Å². The summed E-state index contributed by atoms with van der Waals surface area (Å²) >= 11 is 0. The Kier molecular flexibility index (Phi) is 5.13. The van der Waals surface area contributed by atoms with Crippen LogP contribution in [0.4, 0.5) is 0 Å². The van der Waals surface area contributed by atoms with Gasteiger partial charge in [0.25, 0.3) is 0 Å². The molecule has 1 aliphatic rings. The fourth-order valence-electron chi connectivity index (χ4n) is 1.92. The molecule has 1 saturated heterocycles. The molecule has 16 heavy (non-hydrogen) atoms. The summed E-state index contributed by atoms with van der Waals surface area (Å²) in [5.74, 6) is 0. The van der Waals surface area contributed by atoms with E-state index in [1.165, 1.54) is 10.6 Å². The molecule has 1 atom stereocenters. The minimum absolute atomic E-state index is 0.187. The minimum Gasteiger partial charge on any atom is -0.383 e. The average Bonchev–Trinajstić information content (AvgIpc) is 2.25. The lowest BCUT2D eigenvalue weighted by Crippen LogP contribution is -2.54. The maximum absolute atomic E-state index is 11.3. The number of nitrogens with zero attached hydrogens (tertiary/aromatic N) is 2. The van der Waals surface area contributed by atoms with Crippen LogP contribution in [0.1, 0.15) is 0 Å². The van der Waals surface area contributed by atoms with E-state index in [1.807, 2.05) is 0 Å². The summed E-state index contributed by atoms with van der Waals surface area (Å²) in [5.41, 5.74) is 5.66. The van der Waals surface area contributed by atoms with Gasteiger partial charge in [-0.3, -0.25) is 4.90 Å². The maximum Gasteiger partial charge on any atom is 0.211 e. The number of ether oxygens (including phenoxy) is 1. The Morgan fingerprint density at radius 2 is 1.88 bits per heavy atom. The number of piperazine rings is 1. The van der Waals surface area contributed by atoms with E-state index in [0.717, 1.165) is 13.1 Å². The average molecular weight is 251 g/mol. The van der Waals surface area contributed by atoms with Crippen molar-refractivity contribution in [2.24, 2.45) is 5.73 Å². The molecule has 1 rings (SSSR count). The van der Waals surface area contributed by atoms with E-state index in [4.69, 9.17) is 10.5 Å². The topological polar surface area (TPSA) is 75.9 Å². The van der Waals surface area contributed by atoms with Crippen molar-refractivity contribution in [2.75, 3.05) is 52.7 Å². The zero-order valence-electron chi connectivity index (χ0n) is 9.92. The predicted octanol–water partition coefficient (Wildman–Crippen LogP) is -1.46. The van der Waals surface area contributed by atoms with E-state index in [-0.39, 0.29) is 6.04 Å². The highest BCUT2D eigenvalue weighted by Gasteiger charge is 2.26. The van der Waals surface area contributed by atoms with Crippen molar-refractivity contribution in [1.29, 1.82) is 0 Å². The van der Waals surface area contributed by atoms with Crippen LogP contribution in [-0.4, -0.2) is 76.4 Å². The molecule has 0 amide bonds. The first-order valence-corrected chi connectivity index (χ1v) is 7.22. The predicted molar refractivity (Wildman–Crippen MR) is 62.7 cm³/mol. The first-order valence-electron chi connectivity index (χ1n) is 5.37. The molecular formula is C9H21N3O3S. The number of methoxy groups -OCH3 is 1. The van der Waals surface area contributed by atoms with Gasteiger partial charge >= 0.3 is 0 Å². The van der Waals surface area contributed by atoms with Gasteiger partial charge in [-0.15, -0.1) is 0 Å². The van der Waals surface area contributed by atoms with Crippen molar-refractivity contribution in [3.63, 3.8) is 0 Å². The Morgan fingerprint density at radius 1 is 1.31 bits per heavy atom. The number of sulfonamides is 1. The monoisotopic (exact) mass is 251 g/mol. The molecule has 1 fully saturated rings. The van der Waals surface area contributed by atoms with E-state index >= 15 is 0 Å². The van der Waals surface area contributed by atoms with Gasteiger partial charge in [-0.25, -0.2) is 8.42 Å². The van der Waals surface area contributed by atoms with Crippen LogP contribution in [0.25, 0.3) is 0 Å². The lowest BCUT2D eigenvalue weighted by atomic mass is 10.2. The van der Waals surface area contributed by atoms with Gasteiger partial charge in [0.15, 0.2) is 0 Å². The number of hydrogen-bond donors (Lipinski definition) is 1. The van der Waals surface area contributed by atoms with Crippen molar-refractivity contribution in [1.82, 2.24) is 9.21 Å². The second kappa shape index (κ2) is 5.92. The molecule has 1 aliphatic heterocycles. The third-order valence-electron chi connectivity index (χ3n) is 2.89. The van der Waals surface area contributed by atoms with E-state index in [1.54, 1.807) is 7.11 Å². The van der Waals surface area contributed by atoms with Gasteiger partial charge in [0.05, 0.1) is 12.9 Å². The molecule has 6 nitrogen and oxygen atoms in total. The molecule has 2 N–H and O–H groups in total. The molecule has 0 aromatic rings. The van der Waals surface area contributed by atoms with Gasteiger partial charge in [0.1, 0.15) is 0 Å². The van der Waals surface area contributed by atoms with Crippen LogP contribution in [0.2, 0.25) is 0 Å². The quantitative estimate of drug-likeness (QED) is 0.646. The molecule has 96 valence electrons. The third kappa shape index (κ3) is 3.67. The highest BCUT2D eigenvalue weighted by atomic mass is 32.2. The van der Waals surface area contributed by atoms with Crippen LogP contribution < -0.4 is 5.73 Å². The Labute approximate surface area is 97.4 Å². The summed E-state index contributed by atoms with van der Waals surface area (Å²) in [4.78, 5) is 2.19. The summed E-state index contributed by atoms with van der Waals surface area (Å²) < 4.78 is 29.2. The molecule has 1 heterocycles. The molecule has 0 bridgehead atoms. The first kappa shape index (κ1) is 13.9. The summed E-state index contributed by atoms with van der Waals surface area (Å²) in [5, 5.41) is 0. The highest BCUT2D eigenvalue weighted by Crippen LogP contribution is 2.09. The van der Waals surface area contributed by atoms with Gasteiger partial charge in [0, 0.05) is 45.9 Å². The van der Waals surface area contributed by atoms with E-state index < -0.39 is 10.0 Å². The van der Waals surface area contributed by atoms with Crippen LogP contribution >= 0.6 is 0 Å². The van der Waals surface area contributed by atoms with Crippen LogP contribution in [0.5, 0.6) is 0 Å². The number of rotatable bonds is 5. The lowest BCUT2D eigenvalue weighted by Gasteiger charge is -2.37. The SMILES string of the molecule is COCC(CN)N1CCN(S(C)(=O)=O)CC1. The van der Waals surface area contributed by atoms with Gasteiger partial charge in [0.2, 0.25) is 10.0 Å². The molecule has 0 radical (unpaired) electrons. The number of nitrogens with two attached hydrogens (primary N) is 1. The molecule has 1 unspecified atom stereocenters. The lowest BCUT2D eigenvalue weighted by molar-refractivity contribution is 0.0719. The molecule has 0 aromatic carbocycles. The fraction of sp³-hybridized carbons (Fsp3) is 1.00. The summed E-state index contributed by atoms with van der Waals surface area (Å²) in [7, 11) is -1.40. The van der Waals surface area contributed by atoms with E-state index in [9.17, 15) is 8.42 Å². The molecule has 0 spiro atoms. The van der Waals surface area contributed by atoms with Gasteiger partial charge in [-0.2, -0.15) is 4.31 Å². The van der Waals surface area contributed by atoms with E-state index in [0.29, 0.717) is 26.2 Å². The van der Waals surface area contributed by atoms with Gasteiger partial charge in [-0.1, -0.05) is 0 Å². The summed E-state index contributed by atoms with van der Waals surface area (Å²) in [6, 6.07) is 0.187. The Balaban J connectivity index is 2.47. The largest absolute Gasteiger partial charge is 0.383 e. The number of hydrogen-bond acceptors (Lipinski definition) is 5. The minimum atomic E-state index is -3.05. The fourth-order valence-corrected chi connectivity index (χ4v) is 2.74. The second-order valence-electron chi connectivity index (χ2n) is 4.04. The van der Waals surface area contributed by atoms with Crippen molar-refractivity contribution in [3.05, 3.63) is 0 Å². The van der Waals surface area contributed by atoms with Gasteiger partial charge in [-0.05, 0) is 0 Å². The Morgan fingerprint density at radius 3 is 2.25 bits per heavy atom. The summed E-state index contributed by atoms with van der Waals surface area (Å²) in [6.45, 7) is 3.65. The molecule has 7 heteroatoms. The summed E-state index contributed by atoms with van der Waals surface area (Å²) in [6.07, 6.45) is 1.25. The normalized spacial score (nSPS) is 22.2. The molecule has 0 aliphatic carbocycles. The zero-order valence-corrected chi connectivity index (χ0v) is 10.7. The van der Waals surface area contributed by atoms with Crippen molar-refractivity contribution in [3.8, 4) is 0 Å². The van der Waals surface area contributed by atoms with Crippen molar-refractivity contribution < 1.29 is 13.2 Å². The van der Waals surface area contributed by atoms with Gasteiger partial charge < -0.3 is 10.5 Å². The van der Waals surface area contributed by atoms with Crippen LogP contribution in [0, 0.1) is 0 Å². The highest BCUT2D eigenvalue weighted by molar-refractivity contribution is 7.88. The van der Waals surface area contributed by atoms with Crippen molar-refractivity contribution >= 4 is 10.0 Å².